The quantitative estimate of drug-likeness (QED) is 0.763. The first-order valence-electron chi connectivity index (χ1n) is 5.24. The summed E-state index contributed by atoms with van der Waals surface area (Å²) in [6.45, 7) is 2.15. The molecule has 0 amide bonds. The van der Waals surface area contributed by atoms with Gasteiger partial charge in [0.15, 0.2) is 5.11 Å². The SMILES string of the molecule is CNC(=S)N[C@H](C)CCc1ccccc1. The summed E-state index contributed by atoms with van der Waals surface area (Å²) in [6.07, 6.45) is 2.17. The van der Waals surface area contributed by atoms with Crippen molar-refractivity contribution in [3.8, 4) is 0 Å². The minimum Gasteiger partial charge on any atom is -0.366 e. The van der Waals surface area contributed by atoms with Gasteiger partial charge >= 0.3 is 0 Å². The predicted molar refractivity (Wildman–Crippen MR) is 69.0 cm³/mol. The Morgan fingerprint density at radius 3 is 2.60 bits per heavy atom. The molecule has 2 nitrogen and oxygen atoms in total. The van der Waals surface area contributed by atoms with E-state index in [0.717, 1.165) is 18.0 Å². The molecule has 0 spiro atoms. The zero-order valence-corrected chi connectivity index (χ0v) is 10.1. The second kappa shape index (κ2) is 6.40. The van der Waals surface area contributed by atoms with E-state index in [1.807, 2.05) is 13.1 Å². The highest BCUT2D eigenvalue weighted by Crippen LogP contribution is 2.04. The van der Waals surface area contributed by atoms with E-state index in [9.17, 15) is 0 Å². The van der Waals surface area contributed by atoms with Gasteiger partial charge in [0.05, 0.1) is 0 Å². The molecule has 0 radical (unpaired) electrons. The molecule has 82 valence electrons. The Balaban J connectivity index is 2.28. The van der Waals surface area contributed by atoms with Gasteiger partial charge in [0.1, 0.15) is 0 Å². The first-order chi connectivity index (χ1) is 7.22. The smallest absolute Gasteiger partial charge is 0.166 e. The molecule has 2 N–H and O–H groups in total. The summed E-state index contributed by atoms with van der Waals surface area (Å²) in [6, 6.07) is 10.9. The van der Waals surface area contributed by atoms with Crippen LogP contribution in [0.2, 0.25) is 0 Å². The average molecular weight is 222 g/mol. The highest BCUT2D eigenvalue weighted by atomic mass is 32.1. The van der Waals surface area contributed by atoms with E-state index in [-0.39, 0.29) is 0 Å². The number of nitrogens with one attached hydrogen (secondary N) is 2. The fourth-order valence-electron chi connectivity index (χ4n) is 1.40. The topological polar surface area (TPSA) is 24.1 Å². The zero-order valence-electron chi connectivity index (χ0n) is 9.29. The van der Waals surface area contributed by atoms with Gasteiger partial charge in [-0.2, -0.15) is 0 Å². The molecule has 0 aliphatic rings. The molecule has 0 fully saturated rings. The van der Waals surface area contributed by atoms with E-state index >= 15 is 0 Å². The van der Waals surface area contributed by atoms with Crippen LogP contribution in [0.3, 0.4) is 0 Å². The van der Waals surface area contributed by atoms with Crippen molar-refractivity contribution in [2.45, 2.75) is 25.8 Å². The van der Waals surface area contributed by atoms with Crippen LogP contribution in [0.4, 0.5) is 0 Å². The lowest BCUT2D eigenvalue weighted by molar-refractivity contribution is 0.603. The van der Waals surface area contributed by atoms with Gasteiger partial charge in [-0.15, -0.1) is 0 Å². The van der Waals surface area contributed by atoms with E-state index in [1.54, 1.807) is 0 Å². The second-order valence-corrected chi connectivity index (χ2v) is 4.06. The summed E-state index contributed by atoms with van der Waals surface area (Å²) >= 11 is 5.04. The highest BCUT2D eigenvalue weighted by Gasteiger charge is 2.02. The number of benzene rings is 1. The van der Waals surface area contributed by atoms with Crippen LogP contribution in [-0.4, -0.2) is 18.2 Å². The maximum absolute atomic E-state index is 5.04. The highest BCUT2D eigenvalue weighted by molar-refractivity contribution is 7.80. The number of thiocarbonyl (C=S) groups is 1. The molecule has 0 unspecified atom stereocenters. The van der Waals surface area contributed by atoms with Crippen LogP contribution >= 0.6 is 12.2 Å². The van der Waals surface area contributed by atoms with Gasteiger partial charge in [0.25, 0.3) is 0 Å². The van der Waals surface area contributed by atoms with E-state index in [2.05, 4.69) is 41.8 Å². The normalized spacial score (nSPS) is 11.9. The maximum atomic E-state index is 5.04. The summed E-state index contributed by atoms with van der Waals surface area (Å²) < 4.78 is 0. The van der Waals surface area contributed by atoms with Crippen molar-refractivity contribution in [3.05, 3.63) is 35.9 Å². The predicted octanol–water partition coefficient (Wildman–Crippen LogP) is 2.10. The van der Waals surface area contributed by atoms with Crippen molar-refractivity contribution in [3.63, 3.8) is 0 Å². The summed E-state index contributed by atoms with van der Waals surface area (Å²) in [5.74, 6) is 0. The molecule has 0 aliphatic carbocycles. The van der Waals surface area contributed by atoms with Crippen molar-refractivity contribution in [2.24, 2.45) is 0 Å². The summed E-state index contributed by atoms with van der Waals surface area (Å²) in [5, 5.41) is 6.85. The van der Waals surface area contributed by atoms with Crippen molar-refractivity contribution < 1.29 is 0 Å². The molecule has 1 rings (SSSR count). The molecule has 0 saturated carbocycles. The van der Waals surface area contributed by atoms with Crippen LogP contribution in [-0.2, 0) is 6.42 Å². The number of hydrogen-bond acceptors (Lipinski definition) is 1. The molecular weight excluding hydrogens is 204 g/mol. The van der Waals surface area contributed by atoms with Gasteiger partial charge in [-0.25, -0.2) is 0 Å². The Hall–Kier alpha value is -1.09. The minimum absolute atomic E-state index is 0.408. The number of rotatable bonds is 4. The largest absolute Gasteiger partial charge is 0.366 e. The average Bonchev–Trinajstić information content (AvgIpc) is 2.27. The van der Waals surface area contributed by atoms with Gasteiger partial charge in [0, 0.05) is 13.1 Å². The Labute approximate surface area is 97.1 Å². The lowest BCUT2D eigenvalue weighted by Crippen LogP contribution is -2.38. The minimum atomic E-state index is 0.408. The van der Waals surface area contributed by atoms with Gasteiger partial charge in [0.2, 0.25) is 0 Å². The summed E-state index contributed by atoms with van der Waals surface area (Å²) in [5.41, 5.74) is 1.38. The monoisotopic (exact) mass is 222 g/mol. The third kappa shape index (κ3) is 4.79. The van der Waals surface area contributed by atoms with Crippen LogP contribution in [0.5, 0.6) is 0 Å². The van der Waals surface area contributed by atoms with Crippen LogP contribution in [0.25, 0.3) is 0 Å². The van der Waals surface area contributed by atoms with Crippen LogP contribution in [0.15, 0.2) is 30.3 Å². The lowest BCUT2D eigenvalue weighted by atomic mass is 10.1. The van der Waals surface area contributed by atoms with Crippen molar-refractivity contribution in [1.29, 1.82) is 0 Å². The Kier molecular flexibility index (Phi) is 5.12. The molecule has 15 heavy (non-hydrogen) atoms. The van der Waals surface area contributed by atoms with Crippen LogP contribution in [0, 0.1) is 0 Å². The van der Waals surface area contributed by atoms with Gasteiger partial charge in [-0.1, -0.05) is 30.3 Å². The molecule has 0 bridgehead atoms. The second-order valence-electron chi connectivity index (χ2n) is 3.65. The number of hydrogen-bond donors (Lipinski definition) is 2. The fraction of sp³-hybridized carbons (Fsp3) is 0.417. The molecule has 0 aromatic heterocycles. The molecular formula is C12H18N2S. The molecule has 0 saturated heterocycles. The summed E-state index contributed by atoms with van der Waals surface area (Å²) in [7, 11) is 1.83. The van der Waals surface area contributed by atoms with Crippen molar-refractivity contribution in [2.75, 3.05) is 7.05 Å². The van der Waals surface area contributed by atoms with Crippen molar-refractivity contribution in [1.82, 2.24) is 10.6 Å². The molecule has 1 aromatic rings. The number of aryl methyl sites for hydroxylation is 1. The zero-order chi connectivity index (χ0) is 11.1. The summed E-state index contributed by atoms with van der Waals surface area (Å²) in [4.78, 5) is 0. The Morgan fingerprint density at radius 2 is 2.00 bits per heavy atom. The van der Waals surface area contributed by atoms with Gasteiger partial charge < -0.3 is 10.6 Å². The lowest BCUT2D eigenvalue weighted by Gasteiger charge is -2.15. The molecule has 3 heteroatoms. The molecule has 0 heterocycles. The Morgan fingerprint density at radius 1 is 1.33 bits per heavy atom. The first kappa shape index (κ1) is 12.0. The third-order valence-corrected chi connectivity index (χ3v) is 2.64. The van der Waals surface area contributed by atoms with Crippen molar-refractivity contribution >= 4 is 17.3 Å². The molecule has 0 aliphatic heterocycles. The first-order valence-corrected chi connectivity index (χ1v) is 5.65. The molecule has 1 atom stereocenters. The molecule has 1 aromatic carbocycles. The Bertz CT molecular complexity index is 298. The van der Waals surface area contributed by atoms with Gasteiger partial charge in [-0.3, -0.25) is 0 Å². The third-order valence-electron chi connectivity index (χ3n) is 2.31. The van der Waals surface area contributed by atoms with Gasteiger partial charge in [-0.05, 0) is 37.5 Å². The van der Waals surface area contributed by atoms with E-state index < -0.39 is 0 Å². The van der Waals surface area contributed by atoms with E-state index in [1.165, 1.54) is 5.56 Å². The van der Waals surface area contributed by atoms with Crippen LogP contribution < -0.4 is 10.6 Å². The fourth-order valence-corrected chi connectivity index (χ4v) is 1.60. The van der Waals surface area contributed by atoms with E-state index in [0.29, 0.717) is 6.04 Å². The maximum Gasteiger partial charge on any atom is 0.166 e. The standard InChI is InChI=1S/C12H18N2S/c1-10(14-12(15)13-2)8-9-11-6-4-3-5-7-11/h3-7,10H,8-9H2,1-2H3,(H2,13,14,15)/t10-/m1/s1. The van der Waals surface area contributed by atoms with E-state index in [4.69, 9.17) is 12.2 Å². The van der Waals surface area contributed by atoms with Crippen LogP contribution in [0.1, 0.15) is 18.9 Å².